The first-order valence-corrected chi connectivity index (χ1v) is 9.05. The predicted octanol–water partition coefficient (Wildman–Crippen LogP) is 4.77. The summed E-state index contributed by atoms with van der Waals surface area (Å²) in [7, 11) is 0. The maximum atomic E-state index is 13.3. The number of benzene rings is 3. The number of para-hydroxylation sites is 1. The highest BCUT2D eigenvalue weighted by molar-refractivity contribution is 5.80. The van der Waals surface area contributed by atoms with Gasteiger partial charge in [-0.2, -0.15) is 0 Å². The molecule has 0 amide bonds. The largest absolute Gasteiger partial charge is 0.293 e. The summed E-state index contributed by atoms with van der Waals surface area (Å²) in [5.74, 6) is 0.324. The molecule has 0 spiro atoms. The highest BCUT2D eigenvalue weighted by Gasteiger charge is 2.20. The minimum atomic E-state index is -0.478. The Balaban J connectivity index is 2.02. The van der Waals surface area contributed by atoms with E-state index in [9.17, 15) is 14.9 Å². The van der Waals surface area contributed by atoms with Gasteiger partial charge in [0.05, 0.1) is 15.8 Å². The Morgan fingerprint density at radius 3 is 2.45 bits per heavy atom. The van der Waals surface area contributed by atoms with Gasteiger partial charge in [0.1, 0.15) is 11.5 Å². The van der Waals surface area contributed by atoms with Crippen LogP contribution in [0.1, 0.15) is 17.0 Å². The van der Waals surface area contributed by atoms with Crippen molar-refractivity contribution in [2.45, 2.75) is 6.92 Å². The van der Waals surface area contributed by atoms with Crippen LogP contribution in [0, 0.1) is 17.0 Å². The lowest BCUT2D eigenvalue weighted by Crippen LogP contribution is -2.23. The number of nitro benzene ring substituents is 1. The van der Waals surface area contributed by atoms with Gasteiger partial charge in [-0.15, -0.1) is 0 Å². The quantitative estimate of drug-likeness (QED) is 0.375. The van der Waals surface area contributed by atoms with E-state index in [0.29, 0.717) is 16.7 Å². The lowest BCUT2D eigenvalue weighted by molar-refractivity contribution is -0.384. The molecule has 1 heterocycles. The minimum absolute atomic E-state index is 0.140. The second-order valence-corrected chi connectivity index (χ2v) is 6.62. The van der Waals surface area contributed by atoms with Gasteiger partial charge in [0.25, 0.3) is 11.2 Å². The summed E-state index contributed by atoms with van der Waals surface area (Å²) in [5.41, 5.74) is 1.91. The molecule has 0 saturated heterocycles. The van der Waals surface area contributed by atoms with E-state index in [1.165, 1.54) is 10.6 Å². The summed E-state index contributed by atoms with van der Waals surface area (Å²) in [4.78, 5) is 29.1. The van der Waals surface area contributed by atoms with Crippen LogP contribution in [0.25, 0.3) is 28.7 Å². The third-order valence-corrected chi connectivity index (χ3v) is 4.59. The van der Waals surface area contributed by atoms with E-state index >= 15 is 0 Å². The Labute approximate surface area is 166 Å². The van der Waals surface area contributed by atoms with Gasteiger partial charge in [0.15, 0.2) is 0 Å². The van der Waals surface area contributed by atoms with Gasteiger partial charge in [-0.1, -0.05) is 54.6 Å². The second-order valence-electron chi connectivity index (χ2n) is 6.62. The van der Waals surface area contributed by atoms with Crippen molar-refractivity contribution in [3.05, 3.63) is 110 Å². The van der Waals surface area contributed by atoms with Crippen molar-refractivity contribution < 1.29 is 4.92 Å². The first-order valence-electron chi connectivity index (χ1n) is 9.05. The maximum absolute atomic E-state index is 13.3. The Morgan fingerprint density at radius 2 is 1.69 bits per heavy atom. The predicted molar refractivity (Wildman–Crippen MR) is 114 cm³/mol. The van der Waals surface area contributed by atoms with E-state index in [1.807, 2.05) is 36.4 Å². The highest BCUT2D eigenvalue weighted by Crippen LogP contribution is 2.25. The molecule has 0 radical (unpaired) electrons. The first-order chi connectivity index (χ1) is 14.0. The average Bonchev–Trinajstić information content (AvgIpc) is 2.73. The van der Waals surface area contributed by atoms with Gasteiger partial charge in [-0.05, 0) is 42.3 Å². The van der Waals surface area contributed by atoms with Crippen LogP contribution in [-0.2, 0) is 0 Å². The summed E-state index contributed by atoms with van der Waals surface area (Å²) >= 11 is 0. The highest BCUT2D eigenvalue weighted by atomic mass is 16.6. The molecule has 1 aromatic heterocycles. The minimum Gasteiger partial charge on any atom is -0.268 e. The van der Waals surface area contributed by atoms with Crippen molar-refractivity contribution in [2.24, 2.45) is 0 Å². The van der Waals surface area contributed by atoms with Crippen LogP contribution in [-0.4, -0.2) is 14.5 Å². The van der Waals surface area contributed by atoms with Crippen LogP contribution in [0.2, 0.25) is 0 Å². The van der Waals surface area contributed by atoms with Gasteiger partial charge >= 0.3 is 0 Å². The molecular weight excluding hydrogens is 366 g/mol. The molecule has 0 bridgehead atoms. The van der Waals surface area contributed by atoms with Crippen molar-refractivity contribution in [3.63, 3.8) is 0 Å². The van der Waals surface area contributed by atoms with Gasteiger partial charge in [0.2, 0.25) is 0 Å². The second kappa shape index (κ2) is 7.52. The topological polar surface area (TPSA) is 78.0 Å². The van der Waals surface area contributed by atoms with Crippen molar-refractivity contribution >= 4 is 28.7 Å². The number of nitrogens with zero attached hydrogens (tertiary/aromatic N) is 3. The summed E-state index contributed by atoms with van der Waals surface area (Å²) in [5, 5.41) is 12.1. The summed E-state index contributed by atoms with van der Waals surface area (Å²) < 4.78 is 1.30. The fourth-order valence-electron chi connectivity index (χ4n) is 3.20. The molecule has 0 aliphatic carbocycles. The molecule has 29 heavy (non-hydrogen) atoms. The summed E-state index contributed by atoms with van der Waals surface area (Å²) in [6.45, 7) is 1.77. The fraction of sp³-hybridized carbons (Fsp3) is 0.0435. The smallest absolute Gasteiger partial charge is 0.268 e. The third-order valence-electron chi connectivity index (χ3n) is 4.59. The number of nitro groups is 1. The third kappa shape index (κ3) is 3.55. The van der Waals surface area contributed by atoms with Gasteiger partial charge < -0.3 is 0 Å². The number of rotatable bonds is 4. The summed E-state index contributed by atoms with van der Waals surface area (Å²) in [6.07, 6.45) is 3.53. The van der Waals surface area contributed by atoms with Gasteiger partial charge in [-0.25, -0.2) is 4.98 Å². The molecule has 4 aromatic rings. The normalized spacial score (nSPS) is 11.2. The van der Waals surface area contributed by atoms with Gasteiger partial charge in [0, 0.05) is 6.07 Å². The van der Waals surface area contributed by atoms with Crippen LogP contribution < -0.4 is 5.56 Å². The Hall–Kier alpha value is -4.06. The molecule has 0 N–H and O–H groups in total. The molecule has 3 aromatic carbocycles. The zero-order valence-electron chi connectivity index (χ0n) is 15.6. The Morgan fingerprint density at radius 1 is 0.966 bits per heavy atom. The molecule has 0 aliphatic rings. The molecule has 0 aliphatic heterocycles. The van der Waals surface area contributed by atoms with Crippen LogP contribution >= 0.6 is 0 Å². The molecule has 6 heteroatoms. The monoisotopic (exact) mass is 383 g/mol. The average molecular weight is 383 g/mol. The van der Waals surface area contributed by atoms with E-state index in [1.54, 1.807) is 49.4 Å². The van der Waals surface area contributed by atoms with E-state index < -0.39 is 4.92 Å². The number of aryl methyl sites for hydroxylation is 1. The lowest BCUT2D eigenvalue weighted by atomic mass is 10.1. The number of fused-ring (bicyclic) bond motifs is 1. The van der Waals surface area contributed by atoms with E-state index in [-0.39, 0.29) is 16.9 Å². The number of aromatic nitrogens is 2. The van der Waals surface area contributed by atoms with E-state index in [2.05, 4.69) is 4.98 Å². The zero-order valence-corrected chi connectivity index (χ0v) is 15.6. The molecule has 0 saturated carbocycles. The van der Waals surface area contributed by atoms with E-state index in [4.69, 9.17) is 0 Å². The van der Waals surface area contributed by atoms with Gasteiger partial charge in [-0.3, -0.25) is 19.5 Å². The van der Waals surface area contributed by atoms with Crippen molar-refractivity contribution in [2.75, 3.05) is 0 Å². The zero-order chi connectivity index (χ0) is 20.4. The SMILES string of the molecule is Cc1ccc(-n2c(/C=C/c3ccccc3)nc3ccccc3c2=O)c([N+](=O)[O-])c1. The van der Waals surface area contributed by atoms with Crippen LogP contribution in [0.5, 0.6) is 0 Å². The van der Waals surface area contributed by atoms with Crippen LogP contribution in [0.3, 0.4) is 0 Å². The van der Waals surface area contributed by atoms with Crippen LogP contribution in [0.4, 0.5) is 5.69 Å². The Bertz CT molecular complexity index is 1310. The molecule has 0 unspecified atom stereocenters. The maximum Gasteiger partial charge on any atom is 0.293 e. The molecule has 142 valence electrons. The number of hydrogen-bond donors (Lipinski definition) is 0. The van der Waals surface area contributed by atoms with E-state index in [0.717, 1.165) is 11.1 Å². The standard InChI is InChI=1S/C23H17N3O3/c1-16-11-13-20(21(15-16)26(28)29)25-22(14-12-17-7-3-2-4-8-17)24-19-10-6-5-9-18(19)23(25)27/h2-15H,1H3/b14-12+. The molecule has 4 rings (SSSR count). The van der Waals surface area contributed by atoms with Crippen LogP contribution in [0.15, 0.2) is 77.6 Å². The molecular formula is C23H17N3O3. The molecule has 6 nitrogen and oxygen atoms in total. The van der Waals surface area contributed by atoms with Crippen molar-refractivity contribution in [1.82, 2.24) is 9.55 Å². The first kappa shape index (κ1) is 18.3. The summed E-state index contributed by atoms with van der Waals surface area (Å²) in [6, 6.07) is 21.4. The lowest BCUT2D eigenvalue weighted by Gasteiger charge is -2.12. The Kier molecular flexibility index (Phi) is 4.75. The fourth-order valence-corrected chi connectivity index (χ4v) is 3.20. The van der Waals surface area contributed by atoms with Crippen molar-refractivity contribution in [1.29, 1.82) is 0 Å². The molecule has 0 fully saturated rings. The molecule has 0 atom stereocenters. The number of hydrogen-bond acceptors (Lipinski definition) is 4. The van der Waals surface area contributed by atoms with Crippen molar-refractivity contribution in [3.8, 4) is 5.69 Å².